The second kappa shape index (κ2) is 12.7. The number of rotatable bonds is 9. The number of amides is 3. The van der Waals surface area contributed by atoms with Gasteiger partial charge in [0.25, 0.3) is 0 Å². The van der Waals surface area contributed by atoms with Crippen LogP contribution in [0.3, 0.4) is 0 Å². The number of fused-ring (bicyclic) bond motifs is 1. The highest BCUT2D eigenvalue weighted by molar-refractivity contribution is 7.86. The van der Waals surface area contributed by atoms with Crippen LogP contribution >= 0.6 is 0 Å². The van der Waals surface area contributed by atoms with E-state index < -0.39 is 28.4 Å². The summed E-state index contributed by atoms with van der Waals surface area (Å²) in [5, 5.41) is 5.72. The van der Waals surface area contributed by atoms with E-state index in [1.54, 1.807) is 30.3 Å². The van der Waals surface area contributed by atoms with E-state index in [-0.39, 0.29) is 24.2 Å². The Morgan fingerprint density at radius 3 is 2.35 bits per heavy atom. The number of anilines is 2. The summed E-state index contributed by atoms with van der Waals surface area (Å²) in [4.78, 5) is 39.8. The quantitative estimate of drug-likeness (QED) is 0.518. The SMILES string of the molecule is Cc1ccc(NC(=O)C[S@](=O)CC(=O)N(CC(=O)NC2CCCCC2)c2ccc3c(c2)OCCO3)cc1. The summed E-state index contributed by atoms with van der Waals surface area (Å²) in [5.41, 5.74) is 2.09. The molecule has 9 nitrogen and oxygen atoms in total. The van der Waals surface area contributed by atoms with E-state index in [0.717, 1.165) is 37.7 Å². The molecule has 1 fully saturated rings. The molecule has 198 valence electrons. The predicted octanol–water partition coefficient (Wildman–Crippen LogP) is 2.94. The average molecular weight is 528 g/mol. The Labute approximate surface area is 219 Å². The summed E-state index contributed by atoms with van der Waals surface area (Å²) < 4.78 is 23.9. The van der Waals surface area contributed by atoms with Crippen molar-refractivity contribution in [3.8, 4) is 11.5 Å². The lowest BCUT2D eigenvalue weighted by molar-refractivity contribution is -0.123. The number of hydrogen-bond acceptors (Lipinski definition) is 6. The maximum Gasteiger partial charge on any atom is 0.240 e. The molecule has 0 radical (unpaired) electrons. The van der Waals surface area contributed by atoms with Gasteiger partial charge >= 0.3 is 0 Å². The molecule has 0 unspecified atom stereocenters. The fourth-order valence-corrected chi connectivity index (χ4v) is 5.33. The molecule has 4 rings (SSSR count). The first-order valence-corrected chi connectivity index (χ1v) is 14.1. The molecule has 1 atom stereocenters. The monoisotopic (exact) mass is 527 g/mol. The first kappa shape index (κ1) is 26.7. The van der Waals surface area contributed by atoms with Crippen LogP contribution in [-0.2, 0) is 25.2 Å². The van der Waals surface area contributed by atoms with Gasteiger partial charge in [-0.1, -0.05) is 37.0 Å². The van der Waals surface area contributed by atoms with Crippen molar-refractivity contribution in [3.63, 3.8) is 0 Å². The van der Waals surface area contributed by atoms with Gasteiger partial charge in [-0.25, -0.2) is 0 Å². The van der Waals surface area contributed by atoms with Crippen molar-refractivity contribution >= 4 is 39.9 Å². The second-order valence-electron chi connectivity index (χ2n) is 9.35. The van der Waals surface area contributed by atoms with Crippen molar-refractivity contribution in [2.24, 2.45) is 0 Å². The maximum atomic E-state index is 13.3. The summed E-state index contributed by atoms with van der Waals surface area (Å²) in [7, 11) is -1.77. The number of nitrogens with one attached hydrogen (secondary N) is 2. The average Bonchev–Trinajstić information content (AvgIpc) is 2.88. The van der Waals surface area contributed by atoms with Crippen LogP contribution in [-0.4, -0.2) is 59.2 Å². The molecule has 2 N–H and O–H groups in total. The van der Waals surface area contributed by atoms with E-state index in [2.05, 4.69) is 10.6 Å². The fraction of sp³-hybridized carbons (Fsp3) is 0.444. The Kier molecular flexibility index (Phi) is 9.16. The van der Waals surface area contributed by atoms with Gasteiger partial charge in [0.05, 0.1) is 0 Å². The Hall–Kier alpha value is -3.40. The van der Waals surface area contributed by atoms with Gasteiger partial charge < -0.3 is 25.0 Å². The van der Waals surface area contributed by atoms with Crippen molar-refractivity contribution in [2.75, 3.05) is 41.5 Å². The van der Waals surface area contributed by atoms with Crippen LogP contribution in [0.1, 0.15) is 37.7 Å². The lowest BCUT2D eigenvalue weighted by Crippen LogP contribution is -2.46. The van der Waals surface area contributed by atoms with E-state index in [4.69, 9.17) is 9.47 Å². The van der Waals surface area contributed by atoms with Gasteiger partial charge in [-0.2, -0.15) is 0 Å². The standard InChI is InChI=1S/C27H33N3O6S/c1-19-7-9-21(10-8-19)29-26(32)17-37(34)18-27(33)30(16-25(31)28-20-5-3-2-4-6-20)22-11-12-23-24(15-22)36-14-13-35-23/h7-12,15,20H,2-6,13-14,16-18H2,1H3,(H,28,31)(H,29,32)/t37-/m0/s1. The van der Waals surface area contributed by atoms with Crippen LogP contribution in [0.4, 0.5) is 11.4 Å². The van der Waals surface area contributed by atoms with E-state index >= 15 is 0 Å². The summed E-state index contributed by atoms with van der Waals surface area (Å²) in [5.74, 6) is -0.931. The molecule has 37 heavy (non-hydrogen) atoms. The third-order valence-corrected chi connectivity index (χ3v) is 7.48. The summed E-state index contributed by atoms with van der Waals surface area (Å²) in [6.07, 6.45) is 5.14. The molecule has 2 aliphatic rings. The minimum absolute atomic E-state index is 0.0954. The van der Waals surface area contributed by atoms with Crippen LogP contribution in [0, 0.1) is 6.92 Å². The molecule has 0 aromatic heterocycles. The van der Waals surface area contributed by atoms with Crippen LogP contribution in [0.25, 0.3) is 0 Å². The Morgan fingerprint density at radius 1 is 0.919 bits per heavy atom. The third kappa shape index (κ3) is 7.79. The van der Waals surface area contributed by atoms with Crippen LogP contribution in [0.2, 0.25) is 0 Å². The first-order chi connectivity index (χ1) is 17.9. The number of nitrogens with zero attached hydrogens (tertiary/aromatic N) is 1. The molecular formula is C27H33N3O6S. The minimum Gasteiger partial charge on any atom is -0.486 e. The molecular weight excluding hydrogens is 494 g/mol. The smallest absolute Gasteiger partial charge is 0.240 e. The highest BCUT2D eigenvalue weighted by Crippen LogP contribution is 2.34. The van der Waals surface area contributed by atoms with Crippen molar-refractivity contribution < 1.29 is 28.1 Å². The maximum absolute atomic E-state index is 13.3. The lowest BCUT2D eigenvalue weighted by Gasteiger charge is -2.27. The van der Waals surface area contributed by atoms with E-state index in [1.807, 2.05) is 19.1 Å². The van der Waals surface area contributed by atoms with Gasteiger partial charge in [-0.3, -0.25) is 18.6 Å². The molecule has 1 saturated carbocycles. The molecule has 2 aromatic rings. The number of ether oxygens (including phenoxy) is 2. The minimum atomic E-state index is -1.77. The molecule has 1 aliphatic carbocycles. The number of benzene rings is 2. The zero-order chi connectivity index (χ0) is 26.2. The Bertz CT molecular complexity index is 1150. The number of hydrogen-bond donors (Lipinski definition) is 2. The molecule has 3 amide bonds. The first-order valence-electron chi connectivity index (χ1n) is 12.6. The number of aryl methyl sites for hydroxylation is 1. The molecule has 1 aliphatic heterocycles. The van der Waals surface area contributed by atoms with Crippen molar-refractivity contribution in [1.82, 2.24) is 5.32 Å². The van der Waals surface area contributed by atoms with Gasteiger partial charge in [-0.15, -0.1) is 0 Å². The van der Waals surface area contributed by atoms with E-state index in [9.17, 15) is 18.6 Å². The molecule has 1 heterocycles. The van der Waals surface area contributed by atoms with Gasteiger partial charge in [0, 0.05) is 34.3 Å². The molecule has 2 aromatic carbocycles. The van der Waals surface area contributed by atoms with Gasteiger partial charge in [0.2, 0.25) is 17.7 Å². The third-order valence-electron chi connectivity index (χ3n) is 6.32. The second-order valence-corrected chi connectivity index (χ2v) is 10.8. The van der Waals surface area contributed by atoms with Crippen molar-refractivity contribution in [2.45, 2.75) is 45.1 Å². The van der Waals surface area contributed by atoms with Gasteiger partial charge in [0.1, 0.15) is 31.3 Å². The Balaban J connectivity index is 1.42. The molecule has 0 bridgehead atoms. The molecule has 0 saturated heterocycles. The molecule has 0 spiro atoms. The molecule has 10 heteroatoms. The van der Waals surface area contributed by atoms with Crippen LogP contribution in [0.15, 0.2) is 42.5 Å². The Morgan fingerprint density at radius 2 is 1.62 bits per heavy atom. The largest absolute Gasteiger partial charge is 0.486 e. The van der Waals surface area contributed by atoms with E-state index in [0.29, 0.717) is 36.1 Å². The van der Waals surface area contributed by atoms with Crippen LogP contribution in [0.5, 0.6) is 11.5 Å². The zero-order valence-electron chi connectivity index (χ0n) is 21.0. The summed E-state index contributed by atoms with van der Waals surface area (Å²) in [6.45, 7) is 2.53. The normalized spacial score (nSPS) is 15.9. The van der Waals surface area contributed by atoms with Crippen molar-refractivity contribution in [3.05, 3.63) is 48.0 Å². The van der Waals surface area contributed by atoms with Crippen LogP contribution < -0.4 is 25.0 Å². The predicted molar refractivity (Wildman–Crippen MR) is 142 cm³/mol. The van der Waals surface area contributed by atoms with Gasteiger partial charge in [0.15, 0.2) is 11.5 Å². The highest BCUT2D eigenvalue weighted by atomic mass is 32.2. The highest BCUT2D eigenvalue weighted by Gasteiger charge is 2.25. The summed E-state index contributed by atoms with van der Waals surface area (Å²) >= 11 is 0. The van der Waals surface area contributed by atoms with Crippen molar-refractivity contribution in [1.29, 1.82) is 0 Å². The summed E-state index contributed by atoms with van der Waals surface area (Å²) in [6, 6.07) is 12.3. The fourth-order valence-electron chi connectivity index (χ4n) is 4.43. The number of carbonyl (C=O) groups is 3. The number of carbonyl (C=O) groups excluding carboxylic acids is 3. The van der Waals surface area contributed by atoms with Gasteiger partial charge in [-0.05, 0) is 44.0 Å². The lowest BCUT2D eigenvalue weighted by atomic mass is 9.95. The zero-order valence-corrected chi connectivity index (χ0v) is 21.8. The topological polar surface area (TPSA) is 114 Å². The van der Waals surface area contributed by atoms with E-state index in [1.165, 1.54) is 4.90 Å².